The van der Waals surface area contributed by atoms with E-state index in [1.54, 1.807) is 11.0 Å². The number of hydrogen-bond donors (Lipinski definition) is 1. The minimum atomic E-state index is 0.240. The number of nitrogens with one attached hydrogen (secondary N) is 1. The summed E-state index contributed by atoms with van der Waals surface area (Å²) < 4.78 is 1.69. The fourth-order valence-corrected chi connectivity index (χ4v) is 1.90. The molecule has 14 heavy (non-hydrogen) atoms. The molecule has 5 nitrogen and oxygen atoms in total. The summed E-state index contributed by atoms with van der Waals surface area (Å²) in [6, 6.07) is 2.57. The molecule has 0 amide bonds. The lowest BCUT2D eigenvalue weighted by atomic mass is 10.3. The van der Waals surface area contributed by atoms with E-state index < -0.39 is 0 Å². The van der Waals surface area contributed by atoms with Crippen LogP contribution in [-0.4, -0.2) is 38.9 Å². The van der Waals surface area contributed by atoms with Crippen LogP contribution < -0.4 is 5.32 Å². The second-order valence-electron chi connectivity index (χ2n) is 3.13. The lowest BCUT2D eigenvalue weighted by molar-refractivity contribution is 0.512. The molecule has 0 unspecified atom stereocenters. The Hall–Kier alpha value is -1.06. The van der Waals surface area contributed by atoms with E-state index in [2.05, 4.69) is 15.4 Å². The summed E-state index contributed by atoms with van der Waals surface area (Å²) in [5, 5.41) is 15.9. The van der Waals surface area contributed by atoms with Crippen molar-refractivity contribution in [1.29, 1.82) is 5.26 Å². The van der Waals surface area contributed by atoms with Crippen molar-refractivity contribution >= 4 is 11.8 Å². The number of thioether (sulfide) groups is 1. The topological polar surface area (TPSA) is 66.5 Å². The third-order valence-corrected chi connectivity index (χ3v) is 3.32. The van der Waals surface area contributed by atoms with Crippen LogP contribution in [0.25, 0.3) is 0 Å². The summed E-state index contributed by atoms with van der Waals surface area (Å²) in [4.78, 5) is 3.83. The summed E-state index contributed by atoms with van der Waals surface area (Å²) >= 11 is 1.96. The van der Waals surface area contributed by atoms with Crippen LogP contribution in [0, 0.1) is 11.3 Å². The van der Waals surface area contributed by atoms with Gasteiger partial charge in [0.2, 0.25) is 0 Å². The minimum Gasteiger partial charge on any atom is -0.310 e. The molecular weight excluding hydrogens is 198 g/mol. The van der Waals surface area contributed by atoms with Gasteiger partial charge in [0, 0.05) is 24.1 Å². The van der Waals surface area contributed by atoms with Gasteiger partial charge in [-0.15, -0.1) is 5.10 Å². The van der Waals surface area contributed by atoms with Gasteiger partial charge in [-0.25, -0.2) is 4.98 Å². The number of hydrogen-bond acceptors (Lipinski definition) is 5. The van der Waals surface area contributed by atoms with E-state index in [4.69, 9.17) is 5.26 Å². The molecule has 2 rings (SSSR count). The number of aromatic nitrogens is 3. The van der Waals surface area contributed by atoms with Gasteiger partial charge in [-0.05, 0) is 0 Å². The zero-order valence-corrected chi connectivity index (χ0v) is 8.50. The van der Waals surface area contributed by atoms with Gasteiger partial charge < -0.3 is 5.32 Å². The van der Waals surface area contributed by atoms with Gasteiger partial charge in [0.05, 0.1) is 6.54 Å². The molecule has 1 aliphatic heterocycles. The highest BCUT2D eigenvalue weighted by Gasteiger charge is 2.16. The molecule has 1 fully saturated rings. The van der Waals surface area contributed by atoms with Crippen molar-refractivity contribution in [2.75, 3.05) is 18.1 Å². The number of rotatable bonds is 4. The highest BCUT2D eigenvalue weighted by Crippen LogP contribution is 2.16. The van der Waals surface area contributed by atoms with E-state index in [0.29, 0.717) is 6.04 Å². The van der Waals surface area contributed by atoms with Crippen molar-refractivity contribution in [2.45, 2.75) is 12.6 Å². The predicted octanol–water partition coefficient (Wildman–Crippen LogP) is -0.145. The number of nitriles is 1. The first-order valence-electron chi connectivity index (χ1n) is 4.49. The molecule has 6 heteroatoms. The van der Waals surface area contributed by atoms with Crippen molar-refractivity contribution in [3.63, 3.8) is 0 Å². The summed E-state index contributed by atoms with van der Waals surface area (Å²) in [7, 11) is 0. The normalized spacial score (nSPS) is 16.2. The average Bonchev–Trinajstić information content (AvgIpc) is 2.57. The highest BCUT2D eigenvalue weighted by atomic mass is 32.2. The molecule has 0 aromatic carbocycles. The Morgan fingerprint density at radius 3 is 3.14 bits per heavy atom. The van der Waals surface area contributed by atoms with E-state index in [9.17, 15) is 0 Å². The first-order valence-corrected chi connectivity index (χ1v) is 5.64. The summed E-state index contributed by atoms with van der Waals surface area (Å²) in [6.45, 7) is 1.66. The van der Waals surface area contributed by atoms with Gasteiger partial charge in [-0.1, -0.05) is 0 Å². The third kappa shape index (κ3) is 2.25. The predicted molar refractivity (Wildman–Crippen MR) is 53.9 cm³/mol. The largest absolute Gasteiger partial charge is 0.310 e. The maximum absolute atomic E-state index is 8.51. The van der Waals surface area contributed by atoms with Crippen LogP contribution in [0.5, 0.6) is 0 Å². The smallest absolute Gasteiger partial charge is 0.252 e. The van der Waals surface area contributed by atoms with Crippen molar-refractivity contribution in [3.05, 3.63) is 12.2 Å². The van der Waals surface area contributed by atoms with E-state index in [0.717, 1.165) is 13.1 Å². The maximum atomic E-state index is 8.51. The molecule has 0 atom stereocenters. The Morgan fingerprint density at radius 2 is 2.57 bits per heavy atom. The van der Waals surface area contributed by atoms with Gasteiger partial charge >= 0.3 is 0 Å². The van der Waals surface area contributed by atoms with E-state index in [1.165, 1.54) is 11.5 Å². The zero-order chi connectivity index (χ0) is 9.80. The van der Waals surface area contributed by atoms with Crippen LogP contribution in [0.1, 0.15) is 5.82 Å². The minimum absolute atomic E-state index is 0.240. The van der Waals surface area contributed by atoms with Gasteiger partial charge in [0.15, 0.2) is 0 Å². The number of nitrogens with zero attached hydrogens (tertiary/aromatic N) is 4. The third-order valence-electron chi connectivity index (χ3n) is 2.05. The van der Waals surface area contributed by atoms with Crippen LogP contribution in [0.2, 0.25) is 0 Å². The van der Waals surface area contributed by atoms with Gasteiger partial charge in [0.1, 0.15) is 12.4 Å². The summed E-state index contributed by atoms with van der Waals surface area (Å²) in [6.07, 6.45) is 1.59. The molecule has 0 saturated carbocycles. The molecule has 0 aliphatic carbocycles. The fourth-order valence-electron chi connectivity index (χ4n) is 1.19. The second kappa shape index (κ2) is 4.44. The second-order valence-corrected chi connectivity index (χ2v) is 4.21. The van der Waals surface area contributed by atoms with Crippen LogP contribution in [0.4, 0.5) is 0 Å². The highest BCUT2D eigenvalue weighted by molar-refractivity contribution is 8.00. The van der Waals surface area contributed by atoms with Gasteiger partial charge in [0.25, 0.3) is 5.82 Å². The zero-order valence-electron chi connectivity index (χ0n) is 7.68. The Bertz CT molecular complexity index is 338. The molecule has 0 radical (unpaired) electrons. The molecule has 0 spiro atoms. The van der Waals surface area contributed by atoms with Gasteiger partial charge in [-0.3, -0.25) is 4.68 Å². The Morgan fingerprint density at radius 1 is 1.71 bits per heavy atom. The van der Waals surface area contributed by atoms with Crippen molar-refractivity contribution < 1.29 is 0 Å². The maximum Gasteiger partial charge on any atom is 0.252 e. The molecular formula is C8H11N5S. The van der Waals surface area contributed by atoms with Crippen LogP contribution in [-0.2, 0) is 6.54 Å². The van der Waals surface area contributed by atoms with Crippen LogP contribution >= 0.6 is 11.8 Å². The Kier molecular flexibility index (Phi) is 3.01. The summed E-state index contributed by atoms with van der Waals surface area (Å²) in [5.74, 6) is 2.66. The lowest BCUT2D eigenvalue weighted by Gasteiger charge is -2.25. The first-order chi connectivity index (χ1) is 6.88. The molecule has 1 aromatic rings. The molecule has 1 aromatic heterocycles. The van der Waals surface area contributed by atoms with Gasteiger partial charge in [-0.2, -0.15) is 17.0 Å². The Labute approximate surface area is 86.5 Å². The quantitative estimate of drug-likeness (QED) is 0.747. The standard InChI is InChI=1S/C8H11N5S/c9-3-8-11-6-13(12-8)2-1-10-7-4-14-5-7/h6-7,10H,1-2,4-5H2. The first kappa shape index (κ1) is 9.49. The van der Waals surface area contributed by atoms with E-state index >= 15 is 0 Å². The molecule has 1 saturated heterocycles. The average molecular weight is 209 g/mol. The van der Waals surface area contributed by atoms with Crippen molar-refractivity contribution in [1.82, 2.24) is 20.1 Å². The molecule has 1 N–H and O–H groups in total. The summed E-state index contributed by atoms with van der Waals surface area (Å²) in [5.41, 5.74) is 0. The van der Waals surface area contributed by atoms with Crippen LogP contribution in [0.15, 0.2) is 6.33 Å². The van der Waals surface area contributed by atoms with Crippen molar-refractivity contribution in [3.8, 4) is 6.07 Å². The van der Waals surface area contributed by atoms with E-state index in [1.807, 2.05) is 17.8 Å². The fraction of sp³-hybridized carbons (Fsp3) is 0.625. The lowest BCUT2D eigenvalue weighted by Crippen LogP contribution is -2.41. The monoisotopic (exact) mass is 209 g/mol. The molecule has 1 aliphatic rings. The Balaban J connectivity index is 1.72. The molecule has 2 heterocycles. The molecule has 74 valence electrons. The van der Waals surface area contributed by atoms with Crippen LogP contribution in [0.3, 0.4) is 0 Å². The van der Waals surface area contributed by atoms with Crippen molar-refractivity contribution in [2.24, 2.45) is 0 Å². The SMILES string of the molecule is N#Cc1ncn(CCNC2CSC2)n1. The van der Waals surface area contributed by atoms with E-state index in [-0.39, 0.29) is 5.82 Å². The molecule has 0 bridgehead atoms.